The number of aromatic nitrogens is 2. The molecule has 0 atom stereocenters. The number of nitrogens with one attached hydrogen (secondary N) is 1. The normalized spacial score (nSPS) is 10.5. The third-order valence-electron chi connectivity index (χ3n) is 2.93. The van der Waals surface area contributed by atoms with E-state index in [1.165, 1.54) is 6.20 Å². The first-order valence-electron chi connectivity index (χ1n) is 6.39. The van der Waals surface area contributed by atoms with E-state index in [9.17, 15) is 4.79 Å². The highest BCUT2D eigenvalue weighted by Crippen LogP contribution is 2.26. The molecule has 0 aliphatic rings. The summed E-state index contributed by atoms with van der Waals surface area (Å²) in [4.78, 5) is 11.9. The Morgan fingerprint density at radius 1 is 1.43 bits per heavy atom. The molecular weight excluding hydrogens is 402 g/mol. The lowest BCUT2D eigenvalue weighted by Crippen LogP contribution is -2.12. The number of carbonyl (C=O) groups is 1. The van der Waals surface area contributed by atoms with E-state index in [0.717, 1.165) is 20.3 Å². The van der Waals surface area contributed by atoms with E-state index in [2.05, 4.69) is 42.3 Å². The number of nitrogens with zero attached hydrogens (tertiary/aromatic N) is 2. The van der Waals surface area contributed by atoms with Crippen LogP contribution in [-0.2, 0) is 18.3 Å². The van der Waals surface area contributed by atoms with Gasteiger partial charge in [-0.2, -0.15) is 5.10 Å². The Morgan fingerprint density at radius 3 is 2.86 bits per heavy atom. The molecule has 2 aromatic rings. The van der Waals surface area contributed by atoms with Crippen LogP contribution in [0.1, 0.15) is 23.0 Å². The highest BCUT2D eigenvalue weighted by molar-refractivity contribution is 9.11. The minimum absolute atomic E-state index is 0.346. The van der Waals surface area contributed by atoms with Crippen molar-refractivity contribution < 1.29 is 9.53 Å². The highest BCUT2D eigenvalue weighted by atomic mass is 79.9. The number of anilines is 1. The molecule has 1 aromatic heterocycles. The molecule has 0 aliphatic heterocycles. The van der Waals surface area contributed by atoms with Crippen molar-refractivity contribution in [2.45, 2.75) is 13.5 Å². The van der Waals surface area contributed by atoms with Gasteiger partial charge in [0.15, 0.2) is 0 Å². The van der Waals surface area contributed by atoms with Crippen LogP contribution in [0.3, 0.4) is 0 Å². The number of halogens is 2. The van der Waals surface area contributed by atoms with Crippen LogP contribution in [0.25, 0.3) is 0 Å². The number of hydrogen-bond donors (Lipinski definition) is 1. The molecule has 1 heterocycles. The molecular formula is C14H15Br2N3O2. The van der Waals surface area contributed by atoms with E-state index in [1.54, 1.807) is 18.7 Å². The zero-order valence-corrected chi connectivity index (χ0v) is 14.9. The van der Waals surface area contributed by atoms with Crippen LogP contribution in [0.4, 0.5) is 5.69 Å². The number of hydrogen-bond acceptors (Lipinski definition) is 4. The smallest absolute Gasteiger partial charge is 0.341 e. The van der Waals surface area contributed by atoms with Gasteiger partial charge in [0, 0.05) is 21.7 Å². The molecule has 5 nitrogen and oxygen atoms in total. The standard InChI is InChI=1S/C14H15Br2N3O2/c1-3-21-14(20)10-7-18-19(2)13(10)8-17-12-5-4-9(15)6-11(12)16/h4-7,17H,3,8H2,1-2H3. The molecule has 7 heteroatoms. The maximum absolute atomic E-state index is 11.9. The van der Waals surface area contributed by atoms with E-state index >= 15 is 0 Å². The lowest BCUT2D eigenvalue weighted by Gasteiger charge is -2.10. The van der Waals surface area contributed by atoms with Gasteiger partial charge in [-0.25, -0.2) is 4.79 Å². The number of benzene rings is 1. The fraction of sp³-hybridized carbons (Fsp3) is 0.286. The van der Waals surface area contributed by atoms with Crippen LogP contribution < -0.4 is 5.32 Å². The maximum Gasteiger partial charge on any atom is 0.341 e. The van der Waals surface area contributed by atoms with Crippen molar-refractivity contribution >= 4 is 43.5 Å². The van der Waals surface area contributed by atoms with Crippen molar-refractivity contribution in [1.29, 1.82) is 0 Å². The van der Waals surface area contributed by atoms with E-state index < -0.39 is 0 Å². The second-order valence-electron chi connectivity index (χ2n) is 4.33. The third kappa shape index (κ3) is 3.85. The summed E-state index contributed by atoms with van der Waals surface area (Å²) in [6.07, 6.45) is 1.53. The van der Waals surface area contributed by atoms with Gasteiger partial charge in [0.05, 0.1) is 25.0 Å². The zero-order chi connectivity index (χ0) is 15.4. The molecule has 0 spiro atoms. The van der Waals surface area contributed by atoms with Gasteiger partial charge < -0.3 is 10.1 Å². The Labute approximate surface area is 139 Å². The molecule has 0 fully saturated rings. The second kappa shape index (κ2) is 7.09. The summed E-state index contributed by atoms with van der Waals surface area (Å²) in [5.74, 6) is -0.350. The summed E-state index contributed by atoms with van der Waals surface area (Å²) in [7, 11) is 1.80. The number of aryl methyl sites for hydroxylation is 1. The molecule has 0 radical (unpaired) electrons. The fourth-order valence-electron chi connectivity index (χ4n) is 1.86. The molecule has 0 aliphatic carbocycles. The van der Waals surface area contributed by atoms with E-state index in [1.807, 2.05) is 18.2 Å². The Hall–Kier alpha value is -1.34. The Kier molecular flexibility index (Phi) is 5.41. The molecule has 1 N–H and O–H groups in total. The average Bonchev–Trinajstić information content (AvgIpc) is 2.79. The van der Waals surface area contributed by atoms with Crippen LogP contribution in [0.15, 0.2) is 33.3 Å². The Morgan fingerprint density at radius 2 is 2.19 bits per heavy atom. The minimum Gasteiger partial charge on any atom is -0.462 e. The molecule has 0 saturated heterocycles. The van der Waals surface area contributed by atoms with Crippen LogP contribution in [0.5, 0.6) is 0 Å². The Balaban J connectivity index is 2.16. The number of rotatable bonds is 5. The zero-order valence-electron chi connectivity index (χ0n) is 11.7. The molecule has 112 valence electrons. The second-order valence-corrected chi connectivity index (χ2v) is 6.10. The van der Waals surface area contributed by atoms with Gasteiger partial charge in [0.1, 0.15) is 5.56 Å². The molecule has 0 bridgehead atoms. The van der Waals surface area contributed by atoms with E-state index in [0.29, 0.717) is 18.7 Å². The molecule has 2 rings (SSSR count). The van der Waals surface area contributed by atoms with Gasteiger partial charge >= 0.3 is 5.97 Å². The van der Waals surface area contributed by atoms with E-state index in [4.69, 9.17) is 4.74 Å². The number of carbonyl (C=O) groups excluding carboxylic acids is 1. The number of esters is 1. The first kappa shape index (κ1) is 16.0. The lowest BCUT2D eigenvalue weighted by molar-refractivity contribution is 0.0525. The molecule has 0 amide bonds. The first-order chi connectivity index (χ1) is 10.0. The van der Waals surface area contributed by atoms with Crippen LogP contribution in [-0.4, -0.2) is 22.4 Å². The van der Waals surface area contributed by atoms with Gasteiger partial charge in [0.2, 0.25) is 0 Å². The van der Waals surface area contributed by atoms with Crippen molar-refractivity contribution in [3.05, 3.63) is 44.6 Å². The predicted octanol–water partition coefficient (Wildman–Crippen LogP) is 3.73. The highest BCUT2D eigenvalue weighted by Gasteiger charge is 2.17. The minimum atomic E-state index is -0.350. The van der Waals surface area contributed by atoms with Crippen molar-refractivity contribution in [3.63, 3.8) is 0 Å². The van der Waals surface area contributed by atoms with Crippen LogP contribution in [0.2, 0.25) is 0 Å². The Bertz CT molecular complexity index is 656. The van der Waals surface area contributed by atoms with Gasteiger partial charge in [-0.05, 0) is 41.1 Å². The summed E-state index contributed by atoms with van der Waals surface area (Å²) in [6.45, 7) is 2.61. The van der Waals surface area contributed by atoms with Crippen LogP contribution in [0, 0.1) is 0 Å². The van der Waals surface area contributed by atoms with Crippen molar-refractivity contribution in [1.82, 2.24) is 9.78 Å². The molecule has 0 saturated carbocycles. The molecule has 1 aromatic carbocycles. The van der Waals surface area contributed by atoms with Gasteiger partial charge in [-0.3, -0.25) is 4.68 Å². The summed E-state index contributed by atoms with van der Waals surface area (Å²) >= 11 is 6.91. The number of ether oxygens (including phenoxy) is 1. The quantitative estimate of drug-likeness (QED) is 0.754. The van der Waals surface area contributed by atoms with Gasteiger partial charge in [-0.15, -0.1) is 0 Å². The van der Waals surface area contributed by atoms with Crippen molar-refractivity contribution in [2.24, 2.45) is 7.05 Å². The largest absolute Gasteiger partial charge is 0.462 e. The predicted molar refractivity (Wildman–Crippen MR) is 88.3 cm³/mol. The van der Waals surface area contributed by atoms with Gasteiger partial charge in [0.25, 0.3) is 0 Å². The van der Waals surface area contributed by atoms with Crippen molar-refractivity contribution in [3.8, 4) is 0 Å². The third-order valence-corrected chi connectivity index (χ3v) is 4.08. The maximum atomic E-state index is 11.9. The van der Waals surface area contributed by atoms with Crippen molar-refractivity contribution in [2.75, 3.05) is 11.9 Å². The van der Waals surface area contributed by atoms with E-state index in [-0.39, 0.29) is 5.97 Å². The SMILES string of the molecule is CCOC(=O)c1cnn(C)c1CNc1ccc(Br)cc1Br. The van der Waals surface area contributed by atoms with Crippen LogP contribution >= 0.6 is 31.9 Å². The average molecular weight is 417 g/mol. The molecule has 21 heavy (non-hydrogen) atoms. The topological polar surface area (TPSA) is 56.1 Å². The summed E-state index contributed by atoms with van der Waals surface area (Å²) in [6, 6.07) is 5.86. The molecule has 0 unspecified atom stereocenters. The summed E-state index contributed by atoms with van der Waals surface area (Å²) in [5, 5.41) is 7.41. The van der Waals surface area contributed by atoms with Gasteiger partial charge in [-0.1, -0.05) is 15.9 Å². The first-order valence-corrected chi connectivity index (χ1v) is 7.98. The summed E-state index contributed by atoms with van der Waals surface area (Å²) in [5.41, 5.74) is 2.21. The fourth-order valence-corrected chi connectivity index (χ4v) is 3.05. The lowest BCUT2D eigenvalue weighted by atomic mass is 10.2. The monoisotopic (exact) mass is 415 g/mol. The summed E-state index contributed by atoms with van der Waals surface area (Å²) < 4.78 is 8.65.